The number of carbonyl (C=O) groups excluding carboxylic acids is 1. The van der Waals surface area contributed by atoms with Crippen LogP contribution in [0.25, 0.3) is 0 Å². The van der Waals surface area contributed by atoms with Crippen LogP contribution in [0.2, 0.25) is 0 Å². The van der Waals surface area contributed by atoms with E-state index in [9.17, 15) is 4.79 Å². The van der Waals surface area contributed by atoms with E-state index >= 15 is 0 Å². The Labute approximate surface area is 113 Å². The highest BCUT2D eigenvalue weighted by Crippen LogP contribution is 2.33. The lowest BCUT2D eigenvalue weighted by Crippen LogP contribution is -2.27. The van der Waals surface area contributed by atoms with Crippen LogP contribution in [-0.4, -0.2) is 31.7 Å². The number of para-hydroxylation sites is 1. The van der Waals surface area contributed by atoms with Gasteiger partial charge in [-0.2, -0.15) is 0 Å². The molecule has 0 bridgehead atoms. The Bertz CT molecular complexity index is 446. The Balaban J connectivity index is 1.95. The number of rotatable bonds is 5. The molecule has 1 unspecified atom stereocenters. The maximum absolute atomic E-state index is 12.1. The number of benzene rings is 1. The zero-order chi connectivity index (χ0) is 13.7. The van der Waals surface area contributed by atoms with E-state index < -0.39 is 0 Å². The average molecular weight is 264 g/mol. The molecule has 1 heterocycles. The SMILES string of the molecule is CC(N)CCCNC(=O)c1cccc2c1OCCO2. The molecule has 0 saturated heterocycles. The van der Waals surface area contributed by atoms with Crippen molar-refractivity contribution in [1.29, 1.82) is 0 Å². The van der Waals surface area contributed by atoms with Gasteiger partial charge in [0.05, 0.1) is 5.56 Å². The van der Waals surface area contributed by atoms with Crippen molar-refractivity contribution >= 4 is 5.91 Å². The third-order valence-electron chi connectivity index (χ3n) is 2.93. The maximum Gasteiger partial charge on any atom is 0.255 e. The second-order valence-corrected chi connectivity index (χ2v) is 4.71. The molecule has 0 radical (unpaired) electrons. The molecule has 0 aromatic heterocycles. The van der Waals surface area contributed by atoms with Gasteiger partial charge in [0.15, 0.2) is 11.5 Å². The topological polar surface area (TPSA) is 73.6 Å². The lowest BCUT2D eigenvalue weighted by atomic mass is 10.1. The van der Waals surface area contributed by atoms with Crippen LogP contribution in [0.1, 0.15) is 30.1 Å². The number of hydrogen-bond acceptors (Lipinski definition) is 4. The monoisotopic (exact) mass is 264 g/mol. The van der Waals surface area contributed by atoms with Crippen LogP contribution in [0.15, 0.2) is 18.2 Å². The van der Waals surface area contributed by atoms with Gasteiger partial charge in [-0.25, -0.2) is 0 Å². The molecule has 1 aromatic rings. The first kappa shape index (κ1) is 13.7. The molecule has 104 valence electrons. The van der Waals surface area contributed by atoms with Gasteiger partial charge in [0.1, 0.15) is 13.2 Å². The third-order valence-corrected chi connectivity index (χ3v) is 2.93. The van der Waals surface area contributed by atoms with E-state index in [1.165, 1.54) is 0 Å². The van der Waals surface area contributed by atoms with Gasteiger partial charge in [-0.05, 0) is 31.9 Å². The van der Waals surface area contributed by atoms with Gasteiger partial charge in [0, 0.05) is 12.6 Å². The van der Waals surface area contributed by atoms with Gasteiger partial charge in [0.25, 0.3) is 5.91 Å². The van der Waals surface area contributed by atoms with Crippen LogP contribution >= 0.6 is 0 Å². The fourth-order valence-corrected chi connectivity index (χ4v) is 1.97. The highest BCUT2D eigenvalue weighted by atomic mass is 16.6. The Morgan fingerprint density at radius 1 is 1.42 bits per heavy atom. The van der Waals surface area contributed by atoms with Crippen LogP contribution in [-0.2, 0) is 0 Å². The summed E-state index contributed by atoms with van der Waals surface area (Å²) in [5.74, 6) is 1.04. The third kappa shape index (κ3) is 3.61. The van der Waals surface area contributed by atoms with Gasteiger partial charge >= 0.3 is 0 Å². The van der Waals surface area contributed by atoms with Crippen molar-refractivity contribution in [3.05, 3.63) is 23.8 Å². The molecule has 0 spiro atoms. The molecule has 19 heavy (non-hydrogen) atoms. The molecule has 1 aliphatic rings. The van der Waals surface area contributed by atoms with Crippen molar-refractivity contribution in [3.63, 3.8) is 0 Å². The number of carbonyl (C=O) groups is 1. The van der Waals surface area contributed by atoms with E-state index in [-0.39, 0.29) is 11.9 Å². The first-order valence-electron chi connectivity index (χ1n) is 6.61. The van der Waals surface area contributed by atoms with E-state index in [1.807, 2.05) is 6.92 Å². The summed E-state index contributed by atoms with van der Waals surface area (Å²) in [5, 5.41) is 2.87. The minimum Gasteiger partial charge on any atom is -0.486 e. The molecule has 1 amide bonds. The van der Waals surface area contributed by atoms with Crippen molar-refractivity contribution in [3.8, 4) is 11.5 Å². The van der Waals surface area contributed by atoms with Gasteiger partial charge in [-0.3, -0.25) is 4.79 Å². The number of nitrogens with two attached hydrogens (primary N) is 1. The lowest BCUT2D eigenvalue weighted by Gasteiger charge is -2.20. The highest BCUT2D eigenvalue weighted by Gasteiger charge is 2.19. The molecule has 3 N–H and O–H groups in total. The Hall–Kier alpha value is -1.75. The minimum absolute atomic E-state index is 0.132. The predicted octanol–water partition coefficient (Wildman–Crippen LogP) is 1.31. The van der Waals surface area contributed by atoms with E-state index in [1.54, 1.807) is 18.2 Å². The van der Waals surface area contributed by atoms with Crippen molar-refractivity contribution in [1.82, 2.24) is 5.32 Å². The van der Waals surface area contributed by atoms with Crippen LogP contribution in [0.3, 0.4) is 0 Å². The highest BCUT2D eigenvalue weighted by molar-refractivity contribution is 5.97. The standard InChI is InChI=1S/C14H20N2O3/c1-10(15)4-3-7-16-14(17)11-5-2-6-12-13(11)19-9-8-18-12/h2,5-6,10H,3-4,7-9,15H2,1H3,(H,16,17). The molecule has 1 aliphatic heterocycles. The first-order valence-corrected chi connectivity index (χ1v) is 6.61. The summed E-state index contributed by atoms with van der Waals surface area (Å²) in [6.45, 7) is 3.57. The minimum atomic E-state index is -0.132. The Morgan fingerprint density at radius 2 is 2.21 bits per heavy atom. The number of ether oxygens (including phenoxy) is 2. The molecule has 0 aliphatic carbocycles. The smallest absolute Gasteiger partial charge is 0.255 e. The predicted molar refractivity (Wildman–Crippen MR) is 72.6 cm³/mol. The summed E-state index contributed by atoms with van der Waals surface area (Å²) >= 11 is 0. The number of hydrogen-bond donors (Lipinski definition) is 2. The van der Waals surface area contributed by atoms with Crippen molar-refractivity contribution < 1.29 is 14.3 Å². The molecule has 0 saturated carbocycles. The molecule has 5 nitrogen and oxygen atoms in total. The maximum atomic E-state index is 12.1. The summed E-state index contributed by atoms with van der Waals surface area (Å²) in [5.41, 5.74) is 6.19. The summed E-state index contributed by atoms with van der Waals surface area (Å²) in [4.78, 5) is 12.1. The zero-order valence-corrected chi connectivity index (χ0v) is 11.1. The first-order chi connectivity index (χ1) is 9.18. The number of fused-ring (bicyclic) bond motifs is 1. The second-order valence-electron chi connectivity index (χ2n) is 4.71. The van der Waals surface area contributed by atoms with Gasteiger partial charge in [-0.1, -0.05) is 6.07 Å². The van der Waals surface area contributed by atoms with E-state index in [4.69, 9.17) is 15.2 Å². The van der Waals surface area contributed by atoms with Crippen LogP contribution < -0.4 is 20.5 Å². The molecule has 1 atom stereocenters. The summed E-state index contributed by atoms with van der Waals surface area (Å²) < 4.78 is 11.0. The summed E-state index contributed by atoms with van der Waals surface area (Å²) in [7, 11) is 0. The van der Waals surface area contributed by atoms with Gasteiger partial charge < -0.3 is 20.5 Å². The normalized spacial score (nSPS) is 14.8. The van der Waals surface area contributed by atoms with E-state index in [2.05, 4.69) is 5.32 Å². The molecular weight excluding hydrogens is 244 g/mol. The van der Waals surface area contributed by atoms with Gasteiger partial charge in [-0.15, -0.1) is 0 Å². The molecule has 5 heteroatoms. The fourth-order valence-electron chi connectivity index (χ4n) is 1.97. The van der Waals surface area contributed by atoms with E-state index in [0.29, 0.717) is 36.8 Å². The number of nitrogens with one attached hydrogen (secondary N) is 1. The second kappa shape index (κ2) is 6.43. The summed E-state index contributed by atoms with van der Waals surface area (Å²) in [6.07, 6.45) is 1.77. The molecule has 1 aromatic carbocycles. The van der Waals surface area contributed by atoms with Crippen LogP contribution in [0.4, 0.5) is 0 Å². The number of amides is 1. The molecule has 2 rings (SSSR count). The zero-order valence-electron chi connectivity index (χ0n) is 11.1. The molecular formula is C14H20N2O3. The molecule has 0 fully saturated rings. The Morgan fingerprint density at radius 3 is 3.00 bits per heavy atom. The summed E-state index contributed by atoms with van der Waals surface area (Å²) in [6, 6.07) is 5.51. The average Bonchev–Trinajstić information content (AvgIpc) is 2.42. The lowest BCUT2D eigenvalue weighted by molar-refractivity contribution is 0.0941. The van der Waals surface area contributed by atoms with Crippen molar-refractivity contribution in [2.75, 3.05) is 19.8 Å². The van der Waals surface area contributed by atoms with Crippen LogP contribution in [0.5, 0.6) is 11.5 Å². The van der Waals surface area contributed by atoms with Crippen molar-refractivity contribution in [2.45, 2.75) is 25.8 Å². The van der Waals surface area contributed by atoms with Gasteiger partial charge in [0.2, 0.25) is 0 Å². The van der Waals surface area contributed by atoms with Crippen LogP contribution in [0, 0.1) is 0 Å². The van der Waals surface area contributed by atoms with Crippen molar-refractivity contribution in [2.24, 2.45) is 5.73 Å². The largest absolute Gasteiger partial charge is 0.486 e. The van der Waals surface area contributed by atoms with E-state index in [0.717, 1.165) is 12.8 Å². The fraction of sp³-hybridized carbons (Fsp3) is 0.500. The quantitative estimate of drug-likeness (QED) is 0.787. The Kier molecular flexibility index (Phi) is 4.63.